The molecule has 0 bridgehead atoms. The molecule has 0 saturated carbocycles. The fourth-order valence-electron chi connectivity index (χ4n) is 1.99. The van der Waals surface area contributed by atoms with E-state index in [0.717, 1.165) is 5.56 Å². The Morgan fingerprint density at radius 2 is 1.89 bits per heavy atom. The van der Waals surface area contributed by atoms with E-state index in [1.807, 2.05) is 12.1 Å². The second-order valence-corrected chi connectivity index (χ2v) is 5.35. The van der Waals surface area contributed by atoms with Gasteiger partial charge in [0.2, 0.25) is 0 Å². The standard InChI is InChI=1S/C15H14Cl2FN/c1-9-3-2-4-11(15(9)18)14(19)8-10-5-6-12(16)13(17)7-10/h2-7,14H,8,19H2,1H3. The maximum Gasteiger partial charge on any atom is 0.130 e. The molecule has 0 radical (unpaired) electrons. The monoisotopic (exact) mass is 297 g/mol. The Kier molecular flexibility index (Phi) is 4.46. The van der Waals surface area contributed by atoms with Gasteiger partial charge in [0, 0.05) is 11.6 Å². The Hall–Kier alpha value is -1.09. The zero-order valence-electron chi connectivity index (χ0n) is 10.5. The number of aryl methyl sites for hydroxylation is 1. The predicted octanol–water partition coefficient (Wildman–Crippen LogP) is 4.68. The van der Waals surface area contributed by atoms with Gasteiger partial charge in [-0.1, -0.05) is 47.5 Å². The van der Waals surface area contributed by atoms with E-state index in [9.17, 15) is 4.39 Å². The summed E-state index contributed by atoms with van der Waals surface area (Å²) >= 11 is 11.8. The summed E-state index contributed by atoms with van der Waals surface area (Å²) < 4.78 is 14.0. The Morgan fingerprint density at radius 3 is 2.58 bits per heavy atom. The molecule has 2 aromatic carbocycles. The summed E-state index contributed by atoms with van der Waals surface area (Å²) in [5.41, 5.74) is 8.12. The maximum absolute atomic E-state index is 14.0. The Morgan fingerprint density at radius 1 is 1.16 bits per heavy atom. The maximum atomic E-state index is 14.0. The van der Waals surface area contributed by atoms with Gasteiger partial charge < -0.3 is 5.73 Å². The number of rotatable bonds is 3. The van der Waals surface area contributed by atoms with E-state index in [-0.39, 0.29) is 5.82 Å². The van der Waals surface area contributed by atoms with Crippen LogP contribution in [-0.4, -0.2) is 0 Å². The lowest BCUT2D eigenvalue weighted by Crippen LogP contribution is -2.15. The number of hydrogen-bond donors (Lipinski definition) is 1. The predicted molar refractivity (Wildman–Crippen MR) is 78.2 cm³/mol. The van der Waals surface area contributed by atoms with Crippen molar-refractivity contribution >= 4 is 23.2 Å². The van der Waals surface area contributed by atoms with Crippen molar-refractivity contribution in [2.75, 3.05) is 0 Å². The molecule has 0 spiro atoms. The Labute approximate surface area is 122 Å². The zero-order valence-corrected chi connectivity index (χ0v) is 12.0. The fraction of sp³-hybridized carbons (Fsp3) is 0.200. The van der Waals surface area contributed by atoms with Crippen LogP contribution < -0.4 is 5.73 Å². The molecule has 0 aliphatic heterocycles. The van der Waals surface area contributed by atoms with E-state index in [4.69, 9.17) is 28.9 Å². The molecule has 2 aromatic rings. The van der Waals surface area contributed by atoms with Crippen molar-refractivity contribution in [1.82, 2.24) is 0 Å². The van der Waals surface area contributed by atoms with E-state index in [0.29, 0.717) is 27.6 Å². The third-order valence-electron chi connectivity index (χ3n) is 3.06. The van der Waals surface area contributed by atoms with Crippen molar-refractivity contribution in [2.45, 2.75) is 19.4 Å². The van der Waals surface area contributed by atoms with Gasteiger partial charge in [0.25, 0.3) is 0 Å². The Balaban J connectivity index is 2.23. The number of benzene rings is 2. The lowest BCUT2D eigenvalue weighted by atomic mass is 9.98. The van der Waals surface area contributed by atoms with Crippen molar-refractivity contribution in [3.8, 4) is 0 Å². The highest BCUT2D eigenvalue weighted by atomic mass is 35.5. The van der Waals surface area contributed by atoms with Gasteiger partial charge in [-0.3, -0.25) is 0 Å². The van der Waals surface area contributed by atoms with Crippen molar-refractivity contribution in [3.63, 3.8) is 0 Å². The summed E-state index contributed by atoms with van der Waals surface area (Å²) in [7, 11) is 0. The van der Waals surface area contributed by atoms with Crippen LogP contribution in [0.25, 0.3) is 0 Å². The van der Waals surface area contributed by atoms with E-state index < -0.39 is 6.04 Å². The van der Waals surface area contributed by atoms with Crippen LogP contribution in [0.1, 0.15) is 22.7 Å². The van der Waals surface area contributed by atoms with Gasteiger partial charge in [0.1, 0.15) is 5.82 Å². The van der Waals surface area contributed by atoms with Crippen LogP contribution >= 0.6 is 23.2 Å². The number of hydrogen-bond acceptors (Lipinski definition) is 1. The third kappa shape index (κ3) is 3.27. The first-order valence-corrected chi connectivity index (χ1v) is 6.69. The minimum absolute atomic E-state index is 0.241. The molecule has 2 N–H and O–H groups in total. The largest absolute Gasteiger partial charge is 0.324 e. The third-order valence-corrected chi connectivity index (χ3v) is 3.80. The van der Waals surface area contributed by atoms with E-state index in [1.165, 1.54) is 0 Å². The van der Waals surface area contributed by atoms with Gasteiger partial charge in [-0.05, 0) is 36.6 Å². The highest BCUT2D eigenvalue weighted by Gasteiger charge is 2.14. The molecule has 1 atom stereocenters. The van der Waals surface area contributed by atoms with Crippen LogP contribution in [0, 0.1) is 12.7 Å². The molecule has 0 heterocycles. The molecular formula is C15H14Cl2FN. The molecular weight excluding hydrogens is 284 g/mol. The zero-order chi connectivity index (χ0) is 14.0. The second kappa shape index (κ2) is 5.91. The Bertz CT molecular complexity index is 599. The molecule has 0 amide bonds. The normalized spacial score (nSPS) is 12.5. The first-order chi connectivity index (χ1) is 8.99. The molecule has 0 aliphatic carbocycles. The van der Waals surface area contributed by atoms with E-state index in [1.54, 1.807) is 31.2 Å². The number of nitrogens with two attached hydrogens (primary N) is 1. The quantitative estimate of drug-likeness (QED) is 0.874. The summed E-state index contributed by atoms with van der Waals surface area (Å²) in [6, 6.07) is 10.2. The van der Waals surface area contributed by atoms with Crippen LogP contribution in [0.3, 0.4) is 0 Å². The highest BCUT2D eigenvalue weighted by Crippen LogP contribution is 2.26. The minimum Gasteiger partial charge on any atom is -0.324 e. The van der Waals surface area contributed by atoms with Crippen molar-refractivity contribution in [2.24, 2.45) is 5.73 Å². The van der Waals surface area contributed by atoms with Crippen LogP contribution in [0.2, 0.25) is 10.0 Å². The second-order valence-electron chi connectivity index (χ2n) is 4.54. The summed E-state index contributed by atoms with van der Waals surface area (Å²) in [5.74, 6) is -0.241. The van der Waals surface area contributed by atoms with Crippen molar-refractivity contribution in [1.29, 1.82) is 0 Å². The van der Waals surface area contributed by atoms with Crippen molar-refractivity contribution in [3.05, 3.63) is 69.0 Å². The van der Waals surface area contributed by atoms with Crippen LogP contribution in [0.4, 0.5) is 4.39 Å². The lowest BCUT2D eigenvalue weighted by Gasteiger charge is -2.14. The average molecular weight is 298 g/mol. The first-order valence-electron chi connectivity index (χ1n) is 5.93. The van der Waals surface area contributed by atoms with Gasteiger partial charge in [0.15, 0.2) is 0 Å². The van der Waals surface area contributed by atoms with Gasteiger partial charge in [0.05, 0.1) is 10.0 Å². The molecule has 1 nitrogen and oxygen atoms in total. The summed E-state index contributed by atoms with van der Waals surface area (Å²) in [5, 5.41) is 0.983. The number of halogens is 3. The SMILES string of the molecule is Cc1cccc(C(N)Cc2ccc(Cl)c(Cl)c2)c1F. The molecule has 0 aliphatic rings. The molecule has 0 saturated heterocycles. The van der Waals surface area contributed by atoms with Crippen LogP contribution in [-0.2, 0) is 6.42 Å². The van der Waals surface area contributed by atoms with Gasteiger partial charge in [-0.25, -0.2) is 4.39 Å². The highest BCUT2D eigenvalue weighted by molar-refractivity contribution is 6.42. The van der Waals surface area contributed by atoms with E-state index >= 15 is 0 Å². The fourth-order valence-corrected chi connectivity index (χ4v) is 2.31. The molecule has 100 valence electrons. The minimum atomic E-state index is -0.405. The molecule has 1 unspecified atom stereocenters. The summed E-state index contributed by atoms with van der Waals surface area (Å²) in [6.07, 6.45) is 0.511. The summed E-state index contributed by atoms with van der Waals surface area (Å²) in [4.78, 5) is 0. The molecule has 19 heavy (non-hydrogen) atoms. The van der Waals surface area contributed by atoms with Gasteiger partial charge in [-0.15, -0.1) is 0 Å². The van der Waals surface area contributed by atoms with Crippen LogP contribution in [0.5, 0.6) is 0 Å². The first kappa shape index (κ1) is 14.3. The van der Waals surface area contributed by atoms with Gasteiger partial charge >= 0.3 is 0 Å². The molecule has 4 heteroatoms. The summed E-state index contributed by atoms with van der Waals surface area (Å²) in [6.45, 7) is 1.73. The average Bonchev–Trinajstić information content (AvgIpc) is 2.37. The van der Waals surface area contributed by atoms with Crippen LogP contribution in [0.15, 0.2) is 36.4 Å². The smallest absolute Gasteiger partial charge is 0.130 e. The van der Waals surface area contributed by atoms with Crippen molar-refractivity contribution < 1.29 is 4.39 Å². The molecule has 2 rings (SSSR count). The van der Waals surface area contributed by atoms with Gasteiger partial charge in [-0.2, -0.15) is 0 Å². The van der Waals surface area contributed by atoms with E-state index in [2.05, 4.69) is 0 Å². The topological polar surface area (TPSA) is 26.0 Å². The molecule has 0 fully saturated rings. The lowest BCUT2D eigenvalue weighted by molar-refractivity contribution is 0.573. The molecule has 0 aromatic heterocycles.